The van der Waals surface area contributed by atoms with E-state index in [-0.39, 0.29) is 11.3 Å². The fourth-order valence-electron chi connectivity index (χ4n) is 1.19. The van der Waals surface area contributed by atoms with Crippen LogP contribution in [0.25, 0.3) is 0 Å². The lowest BCUT2D eigenvalue weighted by Gasteiger charge is -2.14. The number of anilines is 1. The van der Waals surface area contributed by atoms with Gasteiger partial charge in [-0.2, -0.15) is 0 Å². The fourth-order valence-corrected chi connectivity index (χ4v) is 2.11. The Balaban J connectivity index is 2.71. The first kappa shape index (κ1) is 12.4. The van der Waals surface area contributed by atoms with Gasteiger partial charge in [-0.3, -0.25) is 4.21 Å². The number of nitrogens with zero attached hydrogens (tertiary/aromatic N) is 2. The van der Waals surface area contributed by atoms with E-state index in [9.17, 15) is 4.21 Å². The molecule has 4 nitrogen and oxygen atoms in total. The first-order valence-electron chi connectivity index (χ1n) is 4.54. The Bertz CT molecular complexity index is 372. The lowest BCUT2D eigenvalue weighted by Crippen LogP contribution is -2.23. The molecule has 84 valence electrons. The third-order valence-electron chi connectivity index (χ3n) is 1.81. The molecule has 0 radical (unpaired) electrons. The highest BCUT2D eigenvalue weighted by molar-refractivity contribution is 7.84. The van der Waals surface area contributed by atoms with Crippen molar-refractivity contribution in [3.8, 4) is 0 Å². The summed E-state index contributed by atoms with van der Waals surface area (Å²) < 4.78 is 11.0. The standard InChI is InChI=1S/C9H14ClN3OS/c1-6-4-11-9(10)13-8(6)12-7(2)5-15(3)14/h4,7H,5H2,1-3H3,(H,11,12,13). The van der Waals surface area contributed by atoms with E-state index >= 15 is 0 Å². The fraction of sp³-hybridized carbons (Fsp3) is 0.556. The van der Waals surface area contributed by atoms with E-state index in [1.807, 2.05) is 13.8 Å². The van der Waals surface area contributed by atoms with Crippen LogP contribution in [0.15, 0.2) is 6.20 Å². The number of nitrogens with one attached hydrogen (secondary N) is 1. The van der Waals surface area contributed by atoms with E-state index in [4.69, 9.17) is 11.6 Å². The summed E-state index contributed by atoms with van der Waals surface area (Å²) in [6, 6.07) is 0.0977. The Kier molecular flexibility index (Phi) is 4.47. The highest BCUT2D eigenvalue weighted by atomic mass is 35.5. The minimum absolute atomic E-state index is 0.0977. The summed E-state index contributed by atoms with van der Waals surface area (Å²) in [6.07, 6.45) is 3.34. The van der Waals surface area contributed by atoms with Gasteiger partial charge in [-0.05, 0) is 25.4 Å². The predicted molar refractivity (Wildman–Crippen MR) is 63.8 cm³/mol. The second-order valence-electron chi connectivity index (χ2n) is 3.46. The third-order valence-corrected chi connectivity index (χ3v) is 2.96. The highest BCUT2D eigenvalue weighted by Gasteiger charge is 2.08. The van der Waals surface area contributed by atoms with Crippen molar-refractivity contribution in [2.45, 2.75) is 19.9 Å². The number of aromatic nitrogens is 2. The van der Waals surface area contributed by atoms with Crippen LogP contribution >= 0.6 is 11.6 Å². The summed E-state index contributed by atoms with van der Waals surface area (Å²) in [4.78, 5) is 7.93. The molecule has 0 aromatic carbocycles. The van der Waals surface area contributed by atoms with Crippen molar-refractivity contribution in [3.63, 3.8) is 0 Å². The third kappa shape index (κ3) is 4.13. The monoisotopic (exact) mass is 247 g/mol. The van der Waals surface area contributed by atoms with Crippen LogP contribution in [0.1, 0.15) is 12.5 Å². The van der Waals surface area contributed by atoms with Gasteiger partial charge in [-0.25, -0.2) is 9.97 Å². The second-order valence-corrected chi connectivity index (χ2v) is 5.27. The number of hydrogen-bond acceptors (Lipinski definition) is 4. The van der Waals surface area contributed by atoms with Crippen molar-refractivity contribution in [1.82, 2.24) is 9.97 Å². The molecule has 0 saturated carbocycles. The molecule has 6 heteroatoms. The maximum absolute atomic E-state index is 11.0. The molecule has 0 aliphatic rings. The number of halogens is 1. The molecule has 2 unspecified atom stereocenters. The van der Waals surface area contributed by atoms with Crippen LogP contribution in [0.5, 0.6) is 0 Å². The van der Waals surface area contributed by atoms with Crippen molar-refractivity contribution >= 4 is 28.2 Å². The lowest BCUT2D eigenvalue weighted by atomic mass is 10.3. The minimum Gasteiger partial charge on any atom is -0.366 e. The van der Waals surface area contributed by atoms with E-state index in [0.717, 1.165) is 5.56 Å². The van der Waals surface area contributed by atoms with Gasteiger partial charge in [-0.15, -0.1) is 0 Å². The normalized spacial score (nSPS) is 14.7. The topological polar surface area (TPSA) is 54.9 Å². The molecule has 1 aromatic rings. The molecule has 1 heterocycles. The van der Waals surface area contributed by atoms with Gasteiger partial charge in [0.1, 0.15) is 5.82 Å². The van der Waals surface area contributed by atoms with Crippen LogP contribution in [-0.2, 0) is 10.8 Å². The van der Waals surface area contributed by atoms with Crippen molar-refractivity contribution in [3.05, 3.63) is 17.0 Å². The molecule has 15 heavy (non-hydrogen) atoms. The Morgan fingerprint density at radius 2 is 2.33 bits per heavy atom. The summed E-state index contributed by atoms with van der Waals surface area (Å²) in [5.74, 6) is 1.29. The van der Waals surface area contributed by atoms with E-state index in [0.29, 0.717) is 11.6 Å². The molecule has 0 amide bonds. The predicted octanol–water partition coefficient (Wildman–Crippen LogP) is 1.62. The Morgan fingerprint density at radius 1 is 1.67 bits per heavy atom. The number of aryl methyl sites for hydroxylation is 1. The van der Waals surface area contributed by atoms with Crippen LogP contribution in [0.3, 0.4) is 0 Å². The van der Waals surface area contributed by atoms with Crippen LogP contribution in [0.2, 0.25) is 5.28 Å². The van der Waals surface area contributed by atoms with Crippen molar-refractivity contribution in [1.29, 1.82) is 0 Å². The molecule has 1 N–H and O–H groups in total. The Hall–Kier alpha value is -0.680. The molecular formula is C9H14ClN3OS. The van der Waals surface area contributed by atoms with Crippen LogP contribution in [-0.4, -0.2) is 32.2 Å². The van der Waals surface area contributed by atoms with E-state index in [1.165, 1.54) is 0 Å². The van der Waals surface area contributed by atoms with Crippen LogP contribution in [0.4, 0.5) is 5.82 Å². The van der Waals surface area contributed by atoms with Gasteiger partial charge >= 0.3 is 0 Å². The molecule has 1 aromatic heterocycles. The molecule has 2 atom stereocenters. The molecule has 0 aliphatic heterocycles. The molecule has 0 fully saturated rings. The van der Waals surface area contributed by atoms with Gasteiger partial charge in [0.05, 0.1) is 0 Å². The van der Waals surface area contributed by atoms with Gasteiger partial charge in [0.15, 0.2) is 0 Å². The summed E-state index contributed by atoms with van der Waals surface area (Å²) in [5.41, 5.74) is 0.924. The quantitative estimate of drug-likeness (QED) is 0.822. The summed E-state index contributed by atoms with van der Waals surface area (Å²) in [7, 11) is -0.820. The van der Waals surface area contributed by atoms with E-state index in [1.54, 1.807) is 12.5 Å². The maximum atomic E-state index is 11.0. The zero-order valence-electron chi connectivity index (χ0n) is 8.95. The first-order valence-corrected chi connectivity index (χ1v) is 6.65. The van der Waals surface area contributed by atoms with Crippen LogP contribution < -0.4 is 5.32 Å². The number of hydrogen-bond donors (Lipinski definition) is 1. The van der Waals surface area contributed by atoms with Crippen LogP contribution in [0, 0.1) is 6.92 Å². The Morgan fingerprint density at radius 3 is 2.93 bits per heavy atom. The Labute approximate surface area is 96.9 Å². The zero-order valence-corrected chi connectivity index (χ0v) is 10.5. The molecule has 0 aliphatic carbocycles. The van der Waals surface area contributed by atoms with Gasteiger partial charge in [0.2, 0.25) is 5.28 Å². The van der Waals surface area contributed by atoms with Gasteiger partial charge in [-0.1, -0.05) is 0 Å². The summed E-state index contributed by atoms with van der Waals surface area (Å²) in [6.45, 7) is 3.85. The molecular weight excluding hydrogens is 234 g/mol. The molecule has 0 bridgehead atoms. The highest BCUT2D eigenvalue weighted by Crippen LogP contribution is 2.13. The summed E-state index contributed by atoms with van der Waals surface area (Å²) >= 11 is 5.68. The van der Waals surface area contributed by atoms with E-state index < -0.39 is 10.8 Å². The average molecular weight is 248 g/mol. The van der Waals surface area contributed by atoms with Crippen molar-refractivity contribution in [2.24, 2.45) is 0 Å². The van der Waals surface area contributed by atoms with Crippen molar-refractivity contribution < 1.29 is 4.21 Å². The summed E-state index contributed by atoms with van der Waals surface area (Å²) in [5, 5.41) is 3.37. The van der Waals surface area contributed by atoms with E-state index in [2.05, 4.69) is 15.3 Å². The van der Waals surface area contributed by atoms with Gasteiger partial charge in [0.25, 0.3) is 0 Å². The zero-order chi connectivity index (χ0) is 11.4. The molecule has 0 saturated heterocycles. The van der Waals surface area contributed by atoms with Crippen molar-refractivity contribution in [2.75, 3.05) is 17.3 Å². The maximum Gasteiger partial charge on any atom is 0.224 e. The first-order chi connectivity index (χ1) is 6.99. The lowest BCUT2D eigenvalue weighted by molar-refractivity contribution is 0.682. The van der Waals surface area contributed by atoms with Gasteiger partial charge < -0.3 is 5.32 Å². The molecule has 0 spiro atoms. The van der Waals surface area contributed by atoms with Gasteiger partial charge in [0, 0.05) is 40.6 Å². The minimum atomic E-state index is -0.820. The SMILES string of the molecule is Cc1cnc(Cl)nc1NC(C)CS(C)=O. The largest absolute Gasteiger partial charge is 0.366 e. The molecule has 1 rings (SSSR count). The average Bonchev–Trinajstić information content (AvgIpc) is 2.10. The number of rotatable bonds is 4. The smallest absolute Gasteiger partial charge is 0.224 e. The second kappa shape index (κ2) is 5.42.